The highest BCUT2D eigenvalue weighted by molar-refractivity contribution is 6.32. The number of aromatic amines is 1. The molecule has 3 rings (SSSR count). The smallest absolute Gasteiger partial charge is 0.285 e. The number of nitrogens with zero attached hydrogens (tertiary/aromatic N) is 2. The number of aromatic nitrogens is 2. The van der Waals surface area contributed by atoms with Crippen LogP contribution in [-0.2, 0) is 5.41 Å². The normalized spacial score (nSPS) is 16.4. The molecule has 24 heavy (non-hydrogen) atoms. The molecule has 0 atom stereocenters. The molecule has 0 aliphatic carbocycles. The molecule has 1 aromatic carbocycles. The Labute approximate surface area is 147 Å². The maximum absolute atomic E-state index is 11.6. The van der Waals surface area contributed by atoms with E-state index in [2.05, 4.69) is 60.1 Å². The van der Waals surface area contributed by atoms with Crippen LogP contribution in [0.3, 0.4) is 0 Å². The molecule has 0 bridgehead atoms. The molecule has 128 valence electrons. The Bertz CT molecular complexity index is 753. The predicted molar refractivity (Wildman–Crippen MR) is 99.2 cm³/mol. The summed E-state index contributed by atoms with van der Waals surface area (Å²) in [7, 11) is 0. The minimum absolute atomic E-state index is 0.187. The van der Waals surface area contributed by atoms with Gasteiger partial charge in [-0.25, -0.2) is 5.10 Å². The van der Waals surface area contributed by atoms with Gasteiger partial charge in [0.05, 0.1) is 11.9 Å². The van der Waals surface area contributed by atoms with Crippen molar-refractivity contribution in [2.24, 2.45) is 0 Å². The summed E-state index contributed by atoms with van der Waals surface area (Å²) in [4.78, 5) is 13.8. The van der Waals surface area contributed by atoms with Crippen molar-refractivity contribution in [2.45, 2.75) is 44.9 Å². The number of hydrogen-bond donors (Lipinski definition) is 1. The monoisotopic (exact) mass is 345 g/mol. The summed E-state index contributed by atoms with van der Waals surface area (Å²) in [5.74, 6) is 0.559. The fourth-order valence-corrected chi connectivity index (χ4v) is 3.51. The van der Waals surface area contributed by atoms with Crippen LogP contribution in [0.15, 0.2) is 35.3 Å². The van der Waals surface area contributed by atoms with Crippen molar-refractivity contribution in [3.05, 3.63) is 57.0 Å². The summed E-state index contributed by atoms with van der Waals surface area (Å²) in [5, 5.41) is 6.47. The lowest BCUT2D eigenvalue weighted by Crippen LogP contribution is -2.34. The highest BCUT2D eigenvalue weighted by Crippen LogP contribution is 2.33. The largest absolute Gasteiger partial charge is 0.369 e. The molecular formula is C19H24ClN3O. The molecular weight excluding hydrogens is 322 g/mol. The lowest BCUT2D eigenvalue weighted by Gasteiger charge is -2.34. The van der Waals surface area contributed by atoms with Crippen molar-refractivity contribution in [2.75, 3.05) is 18.0 Å². The van der Waals surface area contributed by atoms with E-state index in [1.807, 2.05) is 0 Å². The van der Waals surface area contributed by atoms with Crippen molar-refractivity contribution in [3.8, 4) is 0 Å². The van der Waals surface area contributed by atoms with Crippen LogP contribution >= 0.6 is 11.6 Å². The first-order chi connectivity index (χ1) is 11.4. The van der Waals surface area contributed by atoms with Crippen LogP contribution in [0.2, 0.25) is 5.02 Å². The fraction of sp³-hybridized carbons (Fsp3) is 0.474. The van der Waals surface area contributed by atoms with Crippen molar-refractivity contribution in [1.82, 2.24) is 10.2 Å². The molecule has 1 aromatic heterocycles. The quantitative estimate of drug-likeness (QED) is 0.891. The van der Waals surface area contributed by atoms with E-state index in [1.54, 1.807) is 6.20 Å². The first-order valence-electron chi connectivity index (χ1n) is 8.45. The number of nitrogens with one attached hydrogen (secondary N) is 1. The lowest BCUT2D eigenvalue weighted by molar-refractivity contribution is 0.504. The summed E-state index contributed by atoms with van der Waals surface area (Å²) < 4.78 is 0. The minimum atomic E-state index is -0.325. The van der Waals surface area contributed by atoms with Crippen LogP contribution in [0.5, 0.6) is 0 Å². The molecule has 2 heterocycles. The SMILES string of the molecule is CC(C)(C)c1ccc(C2CCN(c3cn[nH]c(=O)c3Cl)CC2)cc1. The summed E-state index contributed by atoms with van der Waals surface area (Å²) in [5.41, 5.74) is 3.37. The second-order valence-corrected chi connectivity index (χ2v) is 7.91. The van der Waals surface area contributed by atoms with Gasteiger partial charge in [-0.05, 0) is 35.3 Å². The molecule has 1 fully saturated rings. The molecule has 0 radical (unpaired) electrons. The molecule has 4 nitrogen and oxygen atoms in total. The van der Waals surface area contributed by atoms with Crippen LogP contribution in [0.25, 0.3) is 0 Å². The molecule has 5 heteroatoms. The maximum atomic E-state index is 11.6. The van der Waals surface area contributed by atoms with Gasteiger partial charge >= 0.3 is 0 Å². The highest BCUT2D eigenvalue weighted by atomic mass is 35.5. The van der Waals surface area contributed by atoms with Gasteiger partial charge < -0.3 is 4.90 Å². The van der Waals surface area contributed by atoms with Gasteiger partial charge in [-0.3, -0.25) is 4.79 Å². The van der Waals surface area contributed by atoms with Gasteiger partial charge in [-0.15, -0.1) is 0 Å². The molecule has 0 spiro atoms. The second-order valence-electron chi connectivity index (χ2n) is 7.53. The minimum Gasteiger partial charge on any atom is -0.369 e. The first kappa shape index (κ1) is 17.0. The lowest BCUT2D eigenvalue weighted by atomic mass is 9.84. The van der Waals surface area contributed by atoms with E-state index in [4.69, 9.17) is 11.6 Å². The number of hydrogen-bond acceptors (Lipinski definition) is 3. The summed E-state index contributed by atoms with van der Waals surface area (Å²) in [6, 6.07) is 9.03. The number of benzene rings is 1. The predicted octanol–water partition coefficient (Wildman–Crippen LogP) is 4.10. The van der Waals surface area contributed by atoms with Gasteiger partial charge in [0.2, 0.25) is 0 Å². The van der Waals surface area contributed by atoms with E-state index in [0.29, 0.717) is 5.92 Å². The van der Waals surface area contributed by atoms with E-state index < -0.39 is 0 Å². The van der Waals surface area contributed by atoms with E-state index in [0.717, 1.165) is 31.6 Å². The van der Waals surface area contributed by atoms with Crippen LogP contribution < -0.4 is 10.5 Å². The molecule has 0 saturated carbocycles. The Balaban J connectivity index is 1.69. The van der Waals surface area contributed by atoms with E-state index >= 15 is 0 Å². The fourth-order valence-electron chi connectivity index (χ4n) is 3.30. The molecule has 1 aliphatic heterocycles. The molecule has 0 amide bonds. The summed E-state index contributed by atoms with van der Waals surface area (Å²) in [6.45, 7) is 8.48. The van der Waals surface area contributed by atoms with Gasteiger partial charge in [-0.2, -0.15) is 5.10 Å². The van der Waals surface area contributed by atoms with E-state index in [9.17, 15) is 4.79 Å². The maximum Gasteiger partial charge on any atom is 0.285 e. The van der Waals surface area contributed by atoms with Gasteiger partial charge in [-0.1, -0.05) is 56.6 Å². The average Bonchev–Trinajstić information content (AvgIpc) is 2.57. The molecule has 0 unspecified atom stereocenters. The van der Waals surface area contributed by atoms with E-state index in [1.165, 1.54) is 11.1 Å². The number of rotatable bonds is 2. The second kappa shape index (κ2) is 6.60. The number of halogens is 1. The van der Waals surface area contributed by atoms with Gasteiger partial charge in [0.1, 0.15) is 5.02 Å². The summed E-state index contributed by atoms with van der Waals surface area (Å²) >= 11 is 6.11. The number of H-pyrrole nitrogens is 1. The third-order valence-corrected chi connectivity index (χ3v) is 5.23. The topological polar surface area (TPSA) is 49.0 Å². The van der Waals surface area contributed by atoms with Gasteiger partial charge in [0.15, 0.2) is 0 Å². The Kier molecular flexibility index (Phi) is 4.68. The Morgan fingerprint density at radius 1 is 1.17 bits per heavy atom. The zero-order chi connectivity index (χ0) is 17.3. The molecule has 1 N–H and O–H groups in total. The van der Waals surface area contributed by atoms with Crippen molar-refractivity contribution >= 4 is 17.3 Å². The highest BCUT2D eigenvalue weighted by Gasteiger charge is 2.23. The number of piperidine rings is 1. The molecule has 1 saturated heterocycles. The summed E-state index contributed by atoms with van der Waals surface area (Å²) in [6.07, 6.45) is 3.75. The van der Waals surface area contributed by atoms with Gasteiger partial charge in [0, 0.05) is 13.1 Å². The van der Waals surface area contributed by atoms with E-state index in [-0.39, 0.29) is 16.0 Å². The molecule has 1 aliphatic rings. The van der Waals surface area contributed by atoms with Crippen molar-refractivity contribution in [3.63, 3.8) is 0 Å². The zero-order valence-corrected chi connectivity index (χ0v) is 15.2. The Morgan fingerprint density at radius 3 is 2.38 bits per heavy atom. The standard InChI is InChI=1S/C19H24ClN3O/c1-19(2,3)15-6-4-13(5-7-15)14-8-10-23(11-9-14)16-12-21-22-18(24)17(16)20/h4-7,12,14H,8-11H2,1-3H3,(H,22,24). The first-order valence-corrected chi connectivity index (χ1v) is 8.82. The van der Waals surface area contributed by atoms with Gasteiger partial charge in [0.25, 0.3) is 5.56 Å². The third-order valence-electron chi connectivity index (χ3n) is 4.86. The molecule has 2 aromatic rings. The average molecular weight is 346 g/mol. The number of anilines is 1. The van der Waals surface area contributed by atoms with Crippen LogP contribution in [-0.4, -0.2) is 23.3 Å². The van der Waals surface area contributed by atoms with Crippen LogP contribution in [0.4, 0.5) is 5.69 Å². The van der Waals surface area contributed by atoms with Crippen LogP contribution in [0, 0.1) is 0 Å². The van der Waals surface area contributed by atoms with Crippen molar-refractivity contribution in [1.29, 1.82) is 0 Å². The third kappa shape index (κ3) is 3.48. The zero-order valence-electron chi connectivity index (χ0n) is 14.5. The Morgan fingerprint density at radius 2 is 1.79 bits per heavy atom. The Hall–Kier alpha value is -1.81. The van der Waals surface area contributed by atoms with Crippen LogP contribution in [0.1, 0.15) is 50.7 Å². The van der Waals surface area contributed by atoms with Crippen molar-refractivity contribution < 1.29 is 0 Å².